The Morgan fingerprint density at radius 1 is 1.03 bits per heavy atom. The summed E-state index contributed by atoms with van der Waals surface area (Å²) in [6, 6.07) is 14.5. The molecule has 0 N–H and O–H groups in total. The minimum absolute atomic E-state index is 0.0733. The molecule has 0 aliphatic carbocycles. The van der Waals surface area contributed by atoms with Crippen molar-refractivity contribution in [1.29, 1.82) is 0 Å². The molecule has 0 bridgehead atoms. The summed E-state index contributed by atoms with van der Waals surface area (Å²) in [4.78, 5) is 20.1. The van der Waals surface area contributed by atoms with Crippen molar-refractivity contribution in [3.05, 3.63) is 77.0 Å². The van der Waals surface area contributed by atoms with Crippen molar-refractivity contribution in [1.82, 2.24) is 14.7 Å². The molecule has 36 heavy (non-hydrogen) atoms. The lowest BCUT2D eigenvalue weighted by molar-refractivity contribution is 0.110. The molecule has 5 rings (SSSR count). The van der Waals surface area contributed by atoms with Crippen LogP contribution >= 0.6 is 0 Å². The van der Waals surface area contributed by atoms with Crippen molar-refractivity contribution >= 4 is 12.1 Å². The standard InChI is InChI=1S/C30H37N3O3/c1-29(2)20-26-30(13-16-32(17-14-30)15-9-12-22-10-7-6-8-11-22)31(3)28(34)33(26)21-23-18-24(35-4)19-25(36-5)27(23)29/h6-12,18-20H,13-17,21H2,1-5H3/b12-9+. The largest absolute Gasteiger partial charge is 0.497 e. The fourth-order valence-electron chi connectivity index (χ4n) is 6.22. The Labute approximate surface area is 214 Å². The summed E-state index contributed by atoms with van der Waals surface area (Å²) in [7, 11) is 5.34. The third kappa shape index (κ3) is 4.07. The van der Waals surface area contributed by atoms with Crippen molar-refractivity contribution in [2.75, 3.05) is 40.9 Å². The summed E-state index contributed by atoms with van der Waals surface area (Å²) in [6.07, 6.45) is 8.59. The van der Waals surface area contributed by atoms with Crippen molar-refractivity contribution in [3.8, 4) is 11.5 Å². The minimum atomic E-state index is -0.301. The molecule has 0 saturated carbocycles. The van der Waals surface area contributed by atoms with E-state index >= 15 is 0 Å². The fraction of sp³-hybridized carbons (Fsp3) is 0.433. The monoisotopic (exact) mass is 487 g/mol. The smallest absolute Gasteiger partial charge is 0.325 e. The van der Waals surface area contributed by atoms with E-state index in [-0.39, 0.29) is 17.0 Å². The van der Waals surface area contributed by atoms with Crippen LogP contribution in [0.5, 0.6) is 11.5 Å². The van der Waals surface area contributed by atoms with Crippen molar-refractivity contribution < 1.29 is 14.3 Å². The number of hydrogen-bond acceptors (Lipinski definition) is 4. The van der Waals surface area contributed by atoms with Crippen molar-refractivity contribution in [2.24, 2.45) is 0 Å². The lowest BCUT2D eigenvalue weighted by Gasteiger charge is -2.43. The number of likely N-dealkylation sites (N-methyl/N-ethyl adjacent to an activating group) is 1. The number of carbonyl (C=O) groups is 1. The molecule has 1 spiro atoms. The van der Waals surface area contributed by atoms with Gasteiger partial charge in [-0.25, -0.2) is 4.79 Å². The normalized spacial score (nSPS) is 20.8. The van der Waals surface area contributed by atoms with Crippen LogP contribution < -0.4 is 9.47 Å². The maximum atomic E-state index is 13.6. The average molecular weight is 488 g/mol. The summed E-state index contributed by atoms with van der Waals surface area (Å²) < 4.78 is 11.4. The first-order valence-electron chi connectivity index (χ1n) is 12.8. The highest BCUT2D eigenvalue weighted by atomic mass is 16.5. The van der Waals surface area contributed by atoms with Crippen LogP contribution in [0.15, 0.2) is 60.3 Å². The molecule has 0 aromatic heterocycles. The molecule has 190 valence electrons. The van der Waals surface area contributed by atoms with Gasteiger partial charge in [-0.05, 0) is 30.0 Å². The van der Waals surface area contributed by atoms with Crippen LogP contribution in [0, 0.1) is 0 Å². The van der Waals surface area contributed by atoms with Crippen molar-refractivity contribution in [2.45, 2.75) is 44.2 Å². The van der Waals surface area contributed by atoms with Gasteiger partial charge in [0.05, 0.1) is 26.3 Å². The van der Waals surface area contributed by atoms with E-state index in [4.69, 9.17) is 9.47 Å². The van der Waals surface area contributed by atoms with Gasteiger partial charge in [0.25, 0.3) is 0 Å². The van der Waals surface area contributed by atoms with Gasteiger partial charge in [0, 0.05) is 49.4 Å². The van der Waals surface area contributed by atoms with Gasteiger partial charge >= 0.3 is 6.03 Å². The third-order valence-corrected chi connectivity index (χ3v) is 8.17. The molecule has 3 aliphatic rings. The predicted octanol–water partition coefficient (Wildman–Crippen LogP) is 5.29. The highest BCUT2D eigenvalue weighted by molar-refractivity contribution is 5.83. The molecule has 0 radical (unpaired) electrons. The Hall–Kier alpha value is -3.25. The van der Waals surface area contributed by atoms with E-state index in [2.05, 4.69) is 67.3 Å². The Balaban J connectivity index is 1.42. The number of ether oxygens (including phenoxy) is 2. The molecule has 6 nitrogen and oxygen atoms in total. The van der Waals surface area contributed by atoms with Gasteiger partial charge < -0.3 is 14.4 Å². The number of fused-ring (bicyclic) bond motifs is 3. The van der Waals surface area contributed by atoms with Crippen LogP contribution in [0.1, 0.15) is 43.4 Å². The van der Waals surface area contributed by atoms with E-state index in [1.165, 1.54) is 5.56 Å². The SMILES string of the molecule is COc1cc2c(c(OC)c1)C(C)(C)C=C1N(C2)C(=O)N(C)C12CCN(C/C=C/c1ccccc1)CC2. The molecular weight excluding hydrogens is 450 g/mol. The maximum absolute atomic E-state index is 13.6. The van der Waals surface area contributed by atoms with E-state index in [1.807, 2.05) is 29.0 Å². The molecule has 2 amide bonds. The zero-order valence-electron chi connectivity index (χ0n) is 22.1. The number of methoxy groups -OCH3 is 2. The highest BCUT2D eigenvalue weighted by Gasteiger charge is 2.54. The molecular formula is C30H37N3O3. The number of rotatable bonds is 5. The molecule has 2 saturated heterocycles. The Morgan fingerprint density at radius 2 is 1.75 bits per heavy atom. The van der Waals surface area contributed by atoms with E-state index in [9.17, 15) is 4.79 Å². The van der Waals surface area contributed by atoms with Gasteiger partial charge in [0.15, 0.2) is 0 Å². The molecule has 0 atom stereocenters. The Morgan fingerprint density at radius 3 is 2.42 bits per heavy atom. The number of piperidine rings is 1. The molecule has 2 fully saturated rings. The summed E-state index contributed by atoms with van der Waals surface area (Å²) in [6.45, 7) is 7.78. The van der Waals surface area contributed by atoms with Crippen LogP contribution in [0.25, 0.3) is 6.08 Å². The second-order valence-corrected chi connectivity index (χ2v) is 10.7. The fourth-order valence-corrected chi connectivity index (χ4v) is 6.22. The number of hydrogen-bond donors (Lipinski definition) is 0. The molecule has 3 heterocycles. The van der Waals surface area contributed by atoms with Crippen LogP contribution in [0.3, 0.4) is 0 Å². The molecule has 3 aliphatic heterocycles. The molecule has 0 unspecified atom stereocenters. The lowest BCUT2D eigenvalue weighted by Crippen LogP contribution is -2.52. The number of likely N-dealkylation sites (tertiary alicyclic amines) is 1. The number of benzene rings is 2. The minimum Gasteiger partial charge on any atom is -0.497 e. The molecule has 2 aromatic carbocycles. The Bertz CT molecular complexity index is 1190. The lowest BCUT2D eigenvalue weighted by atomic mass is 9.77. The number of carbonyl (C=O) groups excluding carboxylic acids is 1. The number of urea groups is 1. The molecule has 6 heteroatoms. The zero-order valence-corrected chi connectivity index (χ0v) is 22.1. The third-order valence-electron chi connectivity index (χ3n) is 8.17. The van der Waals surface area contributed by atoms with Crippen LogP contribution in [-0.4, -0.2) is 67.2 Å². The van der Waals surface area contributed by atoms with Gasteiger partial charge in [-0.2, -0.15) is 0 Å². The quantitative estimate of drug-likeness (QED) is 0.575. The summed E-state index contributed by atoms with van der Waals surface area (Å²) in [5, 5.41) is 0. The van der Waals surface area contributed by atoms with Crippen molar-refractivity contribution in [3.63, 3.8) is 0 Å². The van der Waals surface area contributed by atoms with Crippen LogP contribution in [0.4, 0.5) is 4.79 Å². The Kier molecular flexibility index (Phi) is 6.33. The highest BCUT2D eigenvalue weighted by Crippen LogP contribution is 2.50. The first-order valence-corrected chi connectivity index (χ1v) is 12.8. The van der Waals surface area contributed by atoms with Gasteiger partial charge in [-0.15, -0.1) is 0 Å². The van der Waals surface area contributed by atoms with E-state index in [0.717, 1.165) is 60.8 Å². The van der Waals surface area contributed by atoms with Gasteiger partial charge in [-0.3, -0.25) is 9.80 Å². The molecule has 2 aromatic rings. The first kappa shape index (κ1) is 24.4. The van der Waals surface area contributed by atoms with Gasteiger partial charge in [0.2, 0.25) is 0 Å². The van der Waals surface area contributed by atoms with E-state index < -0.39 is 0 Å². The summed E-state index contributed by atoms with van der Waals surface area (Å²) in [5.41, 5.74) is 3.97. The summed E-state index contributed by atoms with van der Waals surface area (Å²) in [5.74, 6) is 1.55. The van der Waals surface area contributed by atoms with Crippen LogP contribution in [-0.2, 0) is 12.0 Å². The van der Waals surface area contributed by atoms with Crippen LogP contribution in [0.2, 0.25) is 0 Å². The number of amides is 2. The number of nitrogens with zero attached hydrogens (tertiary/aromatic N) is 3. The average Bonchev–Trinajstić information content (AvgIpc) is 2.99. The summed E-state index contributed by atoms with van der Waals surface area (Å²) >= 11 is 0. The zero-order chi connectivity index (χ0) is 25.5. The second-order valence-electron chi connectivity index (χ2n) is 10.7. The number of allylic oxidation sites excluding steroid dienone is 1. The topological polar surface area (TPSA) is 45.3 Å². The first-order chi connectivity index (χ1) is 17.3. The van der Waals surface area contributed by atoms with Gasteiger partial charge in [-0.1, -0.05) is 62.4 Å². The second kappa shape index (κ2) is 9.32. The maximum Gasteiger partial charge on any atom is 0.325 e. The van der Waals surface area contributed by atoms with E-state index in [1.54, 1.807) is 14.2 Å². The van der Waals surface area contributed by atoms with E-state index in [0.29, 0.717) is 6.54 Å². The van der Waals surface area contributed by atoms with Gasteiger partial charge in [0.1, 0.15) is 11.5 Å². The predicted molar refractivity (Wildman–Crippen MR) is 143 cm³/mol.